The van der Waals surface area contributed by atoms with Crippen LogP contribution >= 0.6 is 22.9 Å². The Bertz CT molecular complexity index is 416. The Morgan fingerprint density at radius 3 is 2.76 bits per heavy atom. The van der Waals surface area contributed by atoms with Crippen LogP contribution in [0.2, 0.25) is 5.15 Å². The first-order valence-electron chi connectivity index (χ1n) is 5.61. The number of hydrogen-bond donors (Lipinski definition) is 0. The molecule has 94 valence electrons. The van der Waals surface area contributed by atoms with Gasteiger partial charge in [0.2, 0.25) is 0 Å². The van der Waals surface area contributed by atoms with Gasteiger partial charge in [-0.15, -0.1) is 0 Å². The van der Waals surface area contributed by atoms with Crippen molar-refractivity contribution in [3.05, 3.63) is 10.0 Å². The van der Waals surface area contributed by atoms with Gasteiger partial charge in [0, 0.05) is 13.1 Å². The second-order valence-corrected chi connectivity index (χ2v) is 5.49. The molecule has 0 atom stereocenters. The normalized spacial score (nSPS) is 16.2. The lowest BCUT2D eigenvalue weighted by atomic mass is 10.2. The van der Waals surface area contributed by atoms with Gasteiger partial charge in [0.05, 0.1) is 7.11 Å². The maximum absolute atomic E-state index is 11.4. The molecule has 0 unspecified atom stereocenters. The lowest BCUT2D eigenvalue weighted by Gasteiger charge is -2.23. The number of thiazole rings is 1. The molecule has 0 saturated heterocycles. The summed E-state index contributed by atoms with van der Waals surface area (Å²) < 4.78 is 4.66. The third-order valence-corrected chi connectivity index (χ3v) is 4.63. The zero-order valence-electron chi connectivity index (χ0n) is 9.90. The zero-order valence-corrected chi connectivity index (χ0v) is 11.5. The number of carbonyl (C=O) groups is 1. The predicted octanol–water partition coefficient (Wildman–Crippen LogP) is 2.96. The molecule has 0 amide bonds. The number of carbonyl (C=O) groups excluding carboxylic acids is 1. The smallest absolute Gasteiger partial charge is 0.351 e. The molecule has 1 heterocycles. The summed E-state index contributed by atoms with van der Waals surface area (Å²) in [5.41, 5.74) is 0. The summed E-state index contributed by atoms with van der Waals surface area (Å²) in [4.78, 5) is 18.2. The van der Waals surface area contributed by atoms with Gasteiger partial charge in [-0.1, -0.05) is 35.8 Å². The first-order valence-corrected chi connectivity index (χ1v) is 6.80. The van der Waals surface area contributed by atoms with E-state index in [0.29, 0.717) is 10.9 Å². The molecule has 1 aromatic heterocycles. The van der Waals surface area contributed by atoms with E-state index in [1.807, 2.05) is 7.05 Å². The van der Waals surface area contributed by atoms with Crippen LogP contribution in [0.15, 0.2) is 0 Å². The largest absolute Gasteiger partial charge is 0.465 e. The molecule has 0 bridgehead atoms. The molecule has 17 heavy (non-hydrogen) atoms. The van der Waals surface area contributed by atoms with E-state index < -0.39 is 5.97 Å². The van der Waals surface area contributed by atoms with Crippen LogP contribution in [0.25, 0.3) is 0 Å². The van der Waals surface area contributed by atoms with Gasteiger partial charge in [-0.3, -0.25) is 0 Å². The van der Waals surface area contributed by atoms with Crippen molar-refractivity contribution in [3.63, 3.8) is 0 Å². The Morgan fingerprint density at radius 2 is 2.18 bits per heavy atom. The van der Waals surface area contributed by atoms with Crippen molar-refractivity contribution in [2.75, 3.05) is 19.1 Å². The van der Waals surface area contributed by atoms with Crippen molar-refractivity contribution in [1.29, 1.82) is 0 Å². The van der Waals surface area contributed by atoms with Gasteiger partial charge in [0.15, 0.2) is 15.2 Å². The quantitative estimate of drug-likeness (QED) is 0.795. The Labute approximate surface area is 110 Å². The minimum Gasteiger partial charge on any atom is -0.465 e. The third kappa shape index (κ3) is 2.55. The number of hydrogen-bond acceptors (Lipinski definition) is 5. The van der Waals surface area contributed by atoms with Crippen molar-refractivity contribution >= 4 is 34.0 Å². The average molecular weight is 275 g/mol. The van der Waals surface area contributed by atoms with E-state index in [-0.39, 0.29) is 5.15 Å². The minimum atomic E-state index is -0.418. The molecule has 2 rings (SSSR count). The maximum Gasteiger partial charge on any atom is 0.351 e. The number of aromatic nitrogens is 1. The van der Waals surface area contributed by atoms with E-state index in [1.54, 1.807) is 0 Å². The van der Waals surface area contributed by atoms with Crippen LogP contribution in [0.5, 0.6) is 0 Å². The van der Waals surface area contributed by atoms with Crippen molar-refractivity contribution in [2.45, 2.75) is 31.7 Å². The number of halogens is 1. The summed E-state index contributed by atoms with van der Waals surface area (Å²) in [6, 6.07) is 0.516. The summed E-state index contributed by atoms with van der Waals surface area (Å²) in [6.07, 6.45) is 4.89. The standard InChI is InChI=1S/C11H15ClN2O2S/c1-14(7-5-3-4-6-7)11-13-9(12)8(17-11)10(15)16-2/h7H,3-6H2,1-2H3. The molecule has 0 N–H and O–H groups in total. The molecule has 1 fully saturated rings. The number of esters is 1. The van der Waals surface area contributed by atoms with Gasteiger partial charge < -0.3 is 9.64 Å². The fourth-order valence-corrected chi connectivity index (χ4v) is 3.34. The average Bonchev–Trinajstić information content (AvgIpc) is 2.96. The first kappa shape index (κ1) is 12.6. The molecule has 4 nitrogen and oxygen atoms in total. The summed E-state index contributed by atoms with van der Waals surface area (Å²) in [5.74, 6) is -0.418. The molecule has 0 aromatic carbocycles. The van der Waals surface area contributed by atoms with Crippen molar-refractivity contribution < 1.29 is 9.53 Å². The number of methoxy groups -OCH3 is 1. The summed E-state index contributed by atoms with van der Waals surface area (Å²) in [6.45, 7) is 0. The molecule has 6 heteroatoms. The fourth-order valence-electron chi connectivity index (χ4n) is 2.11. The molecule has 1 aliphatic rings. The molecule has 0 aliphatic heterocycles. The fraction of sp³-hybridized carbons (Fsp3) is 0.636. The SMILES string of the molecule is COC(=O)c1sc(N(C)C2CCCC2)nc1Cl. The van der Waals surface area contributed by atoms with Crippen LogP contribution in [0.1, 0.15) is 35.4 Å². The van der Waals surface area contributed by atoms with Crippen molar-refractivity contribution in [3.8, 4) is 0 Å². The zero-order chi connectivity index (χ0) is 12.4. The van der Waals surface area contributed by atoms with Crippen LogP contribution in [0, 0.1) is 0 Å². The Morgan fingerprint density at radius 1 is 1.53 bits per heavy atom. The number of anilines is 1. The van der Waals surface area contributed by atoms with Gasteiger partial charge in [0.25, 0.3) is 0 Å². The van der Waals surface area contributed by atoms with Crippen molar-refractivity contribution in [2.24, 2.45) is 0 Å². The highest BCUT2D eigenvalue weighted by atomic mass is 35.5. The highest BCUT2D eigenvalue weighted by molar-refractivity contribution is 7.18. The number of rotatable bonds is 3. The van der Waals surface area contributed by atoms with E-state index in [4.69, 9.17) is 11.6 Å². The van der Waals surface area contributed by atoms with E-state index in [9.17, 15) is 4.79 Å². The molecule has 1 saturated carbocycles. The number of ether oxygens (including phenoxy) is 1. The first-order chi connectivity index (χ1) is 8.13. The van der Waals surface area contributed by atoms with Gasteiger partial charge in [-0.25, -0.2) is 9.78 Å². The number of nitrogens with zero attached hydrogens (tertiary/aromatic N) is 2. The van der Waals surface area contributed by atoms with Crippen LogP contribution in [-0.4, -0.2) is 31.2 Å². The predicted molar refractivity (Wildman–Crippen MR) is 69.1 cm³/mol. The van der Waals surface area contributed by atoms with Crippen molar-refractivity contribution in [1.82, 2.24) is 4.98 Å². The molecule has 1 aliphatic carbocycles. The Hall–Kier alpha value is -0.810. The van der Waals surface area contributed by atoms with Crippen LogP contribution in [-0.2, 0) is 4.74 Å². The Kier molecular flexibility index (Phi) is 3.89. The van der Waals surface area contributed by atoms with E-state index in [0.717, 1.165) is 5.13 Å². The van der Waals surface area contributed by atoms with Gasteiger partial charge in [-0.2, -0.15) is 0 Å². The topological polar surface area (TPSA) is 42.4 Å². The van der Waals surface area contributed by atoms with Crippen LogP contribution in [0.3, 0.4) is 0 Å². The lowest BCUT2D eigenvalue weighted by Crippen LogP contribution is -2.28. The monoisotopic (exact) mass is 274 g/mol. The second kappa shape index (κ2) is 5.23. The maximum atomic E-state index is 11.4. The summed E-state index contributed by atoms with van der Waals surface area (Å²) in [5, 5.41) is 1.03. The molecular weight excluding hydrogens is 260 g/mol. The lowest BCUT2D eigenvalue weighted by molar-refractivity contribution is 0.0606. The van der Waals surface area contributed by atoms with Gasteiger partial charge in [0.1, 0.15) is 0 Å². The van der Waals surface area contributed by atoms with E-state index in [1.165, 1.54) is 44.1 Å². The molecule has 1 aromatic rings. The Balaban J connectivity index is 2.18. The minimum absolute atomic E-state index is 0.238. The summed E-state index contributed by atoms with van der Waals surface area (Å²) in [7, 11) is 3.35. The second-order valence-electron chi connectivity index (χ2n) is 4.16. The van der Waals surface area contributed by atoms with E-state index >= 15 is 0 Å². The van der Waals surface area contributed by atoms with E-state index in [2.05, 4.69) is 14.6 Å². The summed E-state index contributed by atoms with van der Waals surface area (Å²) >= 11 is 7.24. The highest BCUT2D eigenvalue weighted by Crippen LogP contribution is 2.33. The molecule has 0 spiro atoms. The molecule has 0 radical (unpaired) electrons. The van der Waals surface area contributed by atoms with Crippen LogP contribution < -0.4 is 4.90 Å². The van der Waals surface area contributed by atoms with Gasteiger partial charge in [-0.05, 0) is 12.8 Å². The van der Waals surface area contributed by atoms with Gasteiger partial charge >= 0.3 is 5.97 Å². The van der Waals surface area contributed by atoms with Crippen LogP contribution in [0.4, 0.5) is 5.13 Å². The highest BCUT2D eigenvalue weighted by Gasteiger charge is 2.25. The third-order valence-electron chi connectivity index (χ3n) is 3.12. The molecular formula is C11H15ClN2O2S.